The van der Waals surface area contributed by atoms with Crippen LogP contribution in [0.2, 0.25) is 5.02 Å². The lowest BCUT2D eigenvalue weighted by Gasteiger charge is -2.17. The number of benzene rings is 1. The van der Waals surface area contributed by atoms with Gasteiger partial charge in [0, 0.05) is 5.02 Å². The number of hydrogen-bond donors (Lipinski definition) is 1. The Morgan fingerprint density at radius 2 is 1.83 bits per heavy atom. The zero-order chi connectivity index (χ0) is 17.0. The number of carbonyl (C=O) groups excluding carboxylic acids is 3. The molecule has 2 aliphatic carbocycles. The SMILES string of the molecule is O=C(CN1C(=O)C2C3C=CC(C3)C2C1=O)Nc1cc(Cl)ccc1F. The Morgan fingerprint density at radius 1 is 1.21 bits per heavy atom. The average molecular weight is 349 g/mol. The van der Waals surface area contributed by atoms with Gasteiger partial charge < -0.3 is 5.32 Å². The van der Waals surface area contributed by atoms with Crippen LogP contribution in [0, 0.1) is 29.5 Å². The highest BCUT2D eigenvalue weighted by Gasteiger charge is 2.59. The maximum absolute atomic E-state index is 13.7. The molecule has 4 rings (SSSR count). The summed E-state index contributed by atoms with van der Waals surface area (Å²) in [7, 11) is 0. The van der Waals surface area contributed by atoms with E-state index in [-0.39, 0.29) is 46.2 Å². The van der Waals surface area contributed by atoms with Crippen molar-refractivity contribution in [3.63, 3.8) is 0 Å². The minimum Gasteiger partial charge on any atom is -0.322 e. The molecular formula is C17H14ClFN2O3. The second kappa shape index (κ2) is 5.41. The van der Waals surface area contributed by atoms with E-state index < -0.39 is 18.3 Å². The van der Waals surface area contributed by atoms with E-state index in [1.807, 2.05) is 12.2 Å². The second-order valence-electron chi connectivity index (χ2n) is 6.43. The highest BCUT2D eigenvalue weighted by Crippen LogP contribution is 2.52. The van der Waals surface area contributed by atoms with Gasteiger partial charge in [-0.2, -0.15) is 0 Å². The van der Waals surface area contributed by atoms with Crippen LogP contribution in [-0.2, 0) is 14.4 Å². The van der Waals surface area contributed by atoms with E-state index in [4.69, 9.17) is 11.6 Å². The van der Waals surface area contributed by atoms with Crippen LogP contribution >= 0.6 is 11.6 Å². The molecule has 3 aliphatic rings. The van der Waals surface area contributed by atoms with Gasteiger partial charge in [-0.05, 0) is 36.5 Å². The molecule has 1 saturated carbocycles. The molecule has 5 nitrogen and oxygen atoms in total. The van der Waals surface area contributed by atoms with Gasteiger partial charge in [-0.25, -0.2) is 4.39 Å². The van der Waals surface area contributed by atoms with Crippen molar-refractivity contribution in [3.8, 4) is 0 Å². The monoisotopic (exact) mass is 348 g/mol. The number of likely N-dealkylation sites (tertiary alicyclic amines) is 1. The van der Waals surface area contributed by atoms with Gasteiger partial charge in [0.05, 0.1) is 17.5 Å². The van der Waals surface area contributed by atoms with Crippen LogP contribution in [0.1, 0.15) is 6.42 Å². The fraction of sp³-hybridized carbons (Fsp3) is 0.353. The van der Waals surface area contributed by atoms with Gasteiger partial charge in [-0.1, -0.05) is 23.8 Å². The molecule has 4 unspecified atom stereocenters. The quantitative estimate of drug-likeness (QED) is 0.673. The second-order valence-corrected chi connectivity index (χ2v) is 6.87. The molecule has 1 saturated heterocycles. The van der Waals surface area contributed by atoms with Crippen molar-refractivity contribution in [2.45, 2.75) is 6.42 Å². The predicted octanol–water partition coefficient (Wildman–Crippen LogP) is 2.22. The first-order valence-electron chi connectivity index (χ1n) is 7.74. The van der Waals surface area contributed by atoms with Crippen LogP contribution < -0.4 is 5.32 Å². The Labute approximate surface area is 142 Å². The van der Waals surface area contributed by atoms with Crippen LogP contribution in [0.5, 0.6) is 0 Å². The van der Waals surface area contributed by atoms with Gasteiger partial charge in [-0.15, -0.1) is 0 Å². The predicted molar refractivity (Wildman–Crippen MR) is 84.5 cm³/mol. The smallest absolute Gasteiger partial charge is 0.244 e. The molecule has 24 heavy (non-hydrogen) atoms. The van der Waals surface area contributed by atoms with Crippen molar-refractivity contribution >= 4 is 35.0 Å². The van der Waals surface area contributed by atoms with E-state index in [9.17, 15) is 18.8 Å². The summed E-state index contributed by atoms with van der Waals surface area (Å²) in [4.78, 5) is 38.1. The molecule has 1 N–H and O–H groups in total. The molecular weight excluding hydrogens is 335 g/mol. The average Bonchev–Trinajstić information content (AvgIpc) is 3.21. The third-order valence-electron chi connectivity index (χ3n) is 5.07. The normalized spacial score (nSPS) is 30.2. The Kier molecular flexibility index (Phi) is 3.46. The summed E-state index contributed by atoms with van der Waals surface area (Å²) < 4.78 is 13.7. The molecule has 3 amide bonds. The lowest BCUT2D eigenvalue weighted by molar-refractivity contribution is -0.143. The number of nitrogens with zero attached hydrogens (tertiary/aromatic N) is 1. The van der Waals surface area contributed by atoms with E-state index in [0.29, 0.717) is 0 Å². The van der Waals surface area contributed by atoms with Crippen molar-refractivity contribution in [3.05, 3.63) is 41.2 Å². The third-order valence-corrected chi connectivity index (χ3v) is 5.30. The Morgan fingerprint density at radius 3 is 2.46 bits per heavy atom. The molecule has 1 aromatic carbocycles. The van der Waals surface area contributed by atoms with E-state index >= 15 is 0 Å². The number of imide groups is 1. The summed E-state index contributed by atoms with van der Waals surface area (Å²) in [6, 6.07) is 3.78. The van der Waals surface area contributed by atoms with Crippen molar-refractivity contribution in [2.75, 3.05) is 11.9 Å². The van der Waals surface area contributed by atoms with Crippen molar-refractivity contribution in [2.24, 2.45) is 23.7 Å². The molecule has 0 spiro atoms. The van der Waals surface area contributed by atoms with E-state index in [1.54, 1.807) is 0 Å². The number of halogens is 2. The summed E-state index contributed by atoms with van der Waals surface area (Å²) in [5.41, 5.74) is -0.0754. The number of rotatable bonds is 3. The van der Waals surface area contributed by atoms with Gasteiger partial charge in [0.15, 0.2) is 0 Å². The van der Waals surface area contributed by atoms with Crippen LogP contribution in [0.3, 0.4) is 0 Å². The molecule has 124 valence electrons. The summed E-state index contributed by atoms with van der Waals surface area (Å²) >= 11 is 5.78. The van der Waals surface area contributed by atoms with Gasteiger partial charge in [0.25, 0.3) is 0 Å². The van der Waals surface area contributed by atoms with Gasteiger partial charge in [0.1, 0.15) is 12.4 Å². The molecule has 0 aromatic heterocycles. The molecule has 4 atom stereocenters. The maximum Gasteiger partial charge on any atom is 0.244 e. The van der Waals surface area contributed by atoms with E-state index in [1.165, 1.54) is 12.1 Å². The number of carbonyl (C=O) groups is 3. The van der Waals surface area contributed by atoms with Crippen molar-refractivity contribution in [1.82, 2.24) is 4.90 Å². The van der Waals surface area contributed by atoms with Gasteiger partial charge in [-0.3, -0.25) is 19.3 Å². The number of allylic oxidation sites excluding steroid dienone is 2. The molecule has 2 fully saturated rings. The molecule has 1 heterocycles. The number of fused-ring (bicyclic) bond motifs is 5. The maximum atomic E-state index is 13.7. The summed E-state index contributed by atoms with van der Waals surface area (Å²) in [5.74, 6) is -2.37. The summed E-state index contributed by atoms with van der Waals surface area (Å²) in [6.07, 6.45) is 4.81. The third kappa shape index (κ3) is 2.24. The lowest BCUT2D eigenvalue weighted by atomic mass is 9.85. The molecule has 1 aromatic rings. The zero-order valence-corrected chi connectivity index (χ0v) is 13.3. The Hall–Kier alpha value is -2.21. The summed E-state index contributed by atoms with van der Waals surface area (Å²) in [5, 5.41) is 2.64. The van der Waals surface area contributed by atoms with Crippen LogP contribution in [-0.4, -0.2) is 29.2 Å². The first-order chi connectivity index (χ1) is 11.5. The molecule has 7 heteroatoms. The van der Waals surface area contributed by atoms with Gasteiger partial charge >= 0.3 is 0 Å². The van der Waals surface area contributed by atoms with E-state index in [0.717, 1.165) is 17.4 Å². The van der Waals surface area contributed by atoms with Crippen LogP contribution in [0.4, 0.5) is 10.1 Å². The summed E-state index contributed by atoms with van der Waals surface area (Å²) in [6.45, 7) is -0.407. The number of nitrogens with one attached hydrogen (secondary N) is 1. The number of amides is 3. The molecule has 1 aliphatic heterocycles. The lowest BCUT2D eigenvalue weighted by Crippen LogP contribution is -2.39. The Bertz CT molecular complexity index is 764. The highest BCUT2D eigenvalue weighted by molar-refractivity contribution is 6.30. The first kappa shape index (κ1) is 15.3. The highest BCUT2D eigenvalue weighted by atomic mass is 35.5. The van der Waals surface area contributed by atoms with Gasteiger partial charge in [0.2, 0.25) is 17.7 Å². The topological polar surface area (TPSA) is 66.5 Å². The van der Waals surface area contributed by atoms with Crippen LogP contribution in [0.25, 0.3) is 0 Å². The minimum atomic E-state index is -0.633. The fourth-order valence-electron chi connectivity index (χ4n) is 4.05. The first-order valence-corrected chi connectivity index (χ1v) is 8.12. The largest absolute Gasteiger partial charge is 0.322 e. The number of hydrogen-bond acceptors (Lipinski definition) is 3. The van der Waals surface area contributed by atoms with Crippen molar-refractivity contribution in [1.29, 1.82) is 0 Å². The van der Waals surface area contributed by atoms with Crippen molar-refractivity contribution < 1.29 is 18.8 Å². The van der Waals surface area contributed by atoms with Crippen LogP contribution in [0.15, 0.2) is 30.4 Å². The molecule has 2 bridgehead atoms. The molecule has 0 radical (unpaired) electrons. The minimum absolute atomic E-state index is 0.0754. The zero-order valence-electron chi connectivity index (χ0n) is 12.5. The Balaban J connectivity index is 1.48. The number of anilines is 1. The fourth-order valence-corrected chi connectivity index (χ4v) is 4.22. The standard InChI is InChI=1S/C17H14ClFN2O3/c18-10-3-4-11(19)12(6-10)20-13(22)7-21-16(23)14-8-1-2-9(5-8)15(14)17(21)24/h1-4,6,8-9,14-15H,5,7H2,(H,20,22). The van der Waals surface area contributed by atoms with E-state index in [2.05, 4.69) is 5.32 Å².